The lowest BCUT2D eigenvalue weighted by Gasteiger charge is -2.36. The van der Waals surface area contributed by atoms with Gasteiger partial charge in [-0.2, -0.15) is 0 Å². The van der Waals surface area contributed by atoms with E-state index in [2.05, 4.69) is 55.1 Å². The fourth-order valence-electron chi connectivity index (χ4n) is 3.20. The average molecular weight is 358 g/mol. The lowest BCUT2D eigenvalue weighted by Crippen LogP contribution is -2.35. The first kappa shape index (κ1) is 19.7. The Labute approximate surface area is 157 Å². The SMILES string of the molecule is CC.CCC1(CC)CSc2cc(O)c(C)cc2N(c2ccccc2)C1. The van der Waals surface area contributed by atoms with Crippen molar-refractivity contribution in [2.75, 3.05) is 17.2 Å². The first-order valence-corrected chi connectivity index (χ1v) is 10.4. The summed E-state index contributed by atoms with van der Waals surface area (Å²) >= 11 is 1.89. The smallest absolute Gasteiger partial charge is 0.119 e. The van der Waals surface area contributed by atoms with E-state index in [-0.39, 0.29) is 0 Å². The number of rotatable bonds is 3. The summed E-state index contributed by atoms with van der Waals surface area (Å²) in [6.07, 6.45) is 2.33. The molecule has 0 amide bonds. The van der Waals surface area contributed by atoms with Crippen molar-refractivity contribution in [2.24, 2.45) is 5.41 Å². The number of hydrogen-bond donors (Lipinski definition) is 1. The fraction of sp³-hybridized carbons (Fsp3) is 0.455. The molecule has 0 aliphatic carbocycles. The van der Waals surface area contributed by atoms with Gasteiger partial charge in [0, 0.05) is 22.9 Å². The third-order valence-electron chi connectivity index (χ3n) is 5.16. The molecule has 0 atom stereocenters. The third-order valence-corrected chi connectivity index (χ3v) is 6.56. The summed E-state index contributed by atoms with van der Waals surface area (Å²) in [6, 6.07) is 14.7. The van der Waals surface area contributed by atoms with Crippen molar-refractivity contribution in [3.63, 3.8) is 0 Å². The van der Waals surface area contributed by atoms with E-state index in [1.807, 2.05) is 38.6 Å². The van der Waals surface area contributed by atoms with Crippen LogP contribution in [0.4, 0.5) is 11.4 Å². The summed E-state index contributed by atoms with van der Waals surface area (Å²) < 4.78 is 0. The molecule has 2 aromatic carbocycles. The molecule has 0 radical (unpaired) electrons. The quantitative estimate of drug-likeness (QED) is 0.655. The number of benzene rings is 2. The van der Waals surface area contributed by atoms with E-state index < -0.39 is 0 Å². The zero-order valence-corrected chi connectivity index (χ0v) is 17.0. The highest BCUT2D eigenvalue weighted by atomic mass is 32.2. The minimum Gasteiger partial charge on any atom is -0.508 e. The summed E-state index contributed by atoms with van der Waals surface area (Å²) in [5.41, 5.74) is 3.68. The second-order valence-corrected chi connectivity index (χ2v) is 7.54. The molecule has 3 rings (SSSR count). The number of phenolic OH excluding ortho intramolecular Hbond substituents is 1. The van der Waals surface area contributed by atoms with Gasteiger partial charge in [-0.1, -0.05) is 45.9 Å². The number of aromatic hydroxyl groups is 1. The molecule has 136 valence electrons. The van der Waals surface area contributed by atoms with Crippen LogP contribution >= 0.6 is 11.8 Å². The number of anilines is 2. The number of hydrogen-bond acceptors (Lipinski definition) is 3. The zero-order valence-electron chi connectivity index (χ0n) is 16.2. The van der Waals surface area contributed by atoms with Crippen molar-refractivity contribution < 1.29 is 5.11 Å². The Balaban J connectivity index is 0.00000109. The van der Waals surface area contributed by atoms with Gasteiger partial charge in [0.05, 0.1) is 5.69 Å². The lowest BCUT2D eigenvalue weighted by molar-refractivity contribution is 0.319. The number of nitrogens with zero attached hydrogens (tertiary/aromatic N) is 1. The molecular weight excluding hydrogens is 326 g/mol. The van der Waals surface area contributed by atoms with Crippen LogP contribution in [0.25, 0.3) is 0 Å². The van der Waals surface area contributed by atoms with Crippen LogP contribution in [0.2, 0.25) is 0 Å². The van der Waals surface area contributed by atoms with E-state index in [9.17, 15) is 5.11 Å². The molecule has 1 heterocycles. The second-order valence-electron chi connectivity index (χ2n) is 6.52. The van der Waals surface area contributed by atoms with Crippen molar-refractivity contribution >= 4 is 23.1 Å². The van der Waals surface area contributed by atoms with Gasteiger partial charge in [-0.15, -0.1) is 11.8 Å². The molecule has 0 bridgehead atoms. The Bertz CT molecular complexity index is 680. The highest BCUT2D eigenvalue weighted by Gasteiger charge is 2.34. The Morgan fingerprint density at radius 3 is 2.32 bits per heavy atom. The number of aryl methyl sites for hydroxylation is 1. The van der Waals surface area contributed by atoms with E-state index in [0.717, 1.165) is 17.9 Å². The summed E-state index contributed by atoms with van der Waals surface area (Å²) in [5.74, 6) is 1.49. The lowest BCUT2D eigenvalue weighted by atomic mass is 9.83. The second kappa shape index (κ2) is 8.66. The molecule has 2 nitrogen and oxygen atoms in total. The molecule has 0 saturated heterocycles. The van der Waals surface area contributed by atoms with Crippen LogP contribution in [0.5, 0.6) is 5.75 Å². The van der Waals surface area contributed by atoms with Crippen LogP contribution in [0.3, 0.4) is 0 Å². The van der Waals surface area contributed by atoms with Gasteiger partial charge in [0.1, 0.15) is 5.75 Å². The van der Waals surface area contributed by atoms with Gasteiger partial charge in [0.25, 0.3) is 0 Å². The largest absolute Gasteiger partial charge is 0.508 e. The van der Waals surface area contributed by atoms with Crippen molar-refractivity contribution in [3.05, 3.63) is 48.0 Å². The van der Waals surface area contributed by atoms with Crippen molar-refractivity contribution in [3.8, 4) is 5.75 Å². The molecule has 0 unspecified atom stereocenters. The number of thioether (sulfide) groups is 1. The van der Waals surface area contributed by atoms with Crippen LogP contribution in [0.1, 0.15) is 46.1 Å². The normalized spacial score (nSPS) is 15.6. The number of phenols is 1. The van der Waals surface area contributed by atoms with E-state index in [1.54, 1.807) is 0 Å². The average Bonchev–Trinajstić information content (AvgIpc) is 2.82. The van der Waals surface area contributed by atoms with Gasteiger partial charge >= 0.3 is 0 Å². The molecule has 0 spiro atoms. The molecule has 0 aromatic heterocycles. The predicted octanol–water partition coefficient (Wildman–Crippen LogP) is 6.78. The van der Waals surface area contributed by atoms with E-state index in [0.29, 0.717) is 11.2 Å². The van der Waals surface area contributed by atoms with Crippen LogP contribution in [-0.4, -0.2) is 17.4 Å². The Kier molecular flexibility index (Phi) is 6.83. The fourth-order valence-corrected chi connectivity index (χ4v) is 4.67. The molecule has 25 heavy (non-hydrogen) atoms. The van der Waals surface area contributed by atoms with Gasteiger partial charge in [-0.05, 0) is 55.0 Å². The van der Waals surface area contributed by atoms with Crippen molar-refractivity contribution in [1.82, 2.24) is 0 Å². The molecule has 0 fully saturated rings. The van der Waals surface area contributed by atoms with Crippen molar-refractivity contribution in [1.29, 1.82) is 0 Å². The van der Waals surface area contributed by atoms with E-state index >= 15 is 0 Å². The monoisotopic (exact) mass is 357 g/mol. The summed E-state index contributed by atoms with van der Waals surface area (Å²) in [4.78, 5) is 3.62. The van der Waals surface area contributed by atoms with Crippen molar-refractivity contribution in [2.45, 2.75) is 52.4 Å². The van der Waals surface area contributed by atoms with Gasteiger partial charge in [-0.3, -0.25) is 0 Å². The maximum Gasteiger partial charge on any atom is 0.119 e. The first-order valence-electron chi connectivity index (χ1n) is 9.37. The molecule has 1 aliphatic heterocycles. The summed E-state index contributed by atoms with van der Waals surface area (Å²) in [6.45, 7) is 11.6. The minimum atomic E-state index is 0.295. The minimum absolute atomic E-state index is 0.295. The maximum atomic E-state index is 10.1. The predicted molar refractivity (Wildman–Crippen MR) is 111 cm³/mol. The summed E-state index contributed by atoms with van der Waals surface area (Å²) in [5, 5.41) is 10.1. The van der Waals surface area contributed by atoms with E-state index in [4.69, 9.17) is 0 Å². The van der Waals surface area contributed by atoms with Crippen LogP contribution in [0.15, 0.2) is 47.4 Å². The molecule has 0 saturated carbocycles. The highest BCUT2D eigenvalue weighted by molar-refractivity contribution is 7.99. The van der Waals surface area contributed by atoms with Gasteiger partial charge < -0.3 is 10.0 Å². The van der Waals surface area contributed by atoms with E-state index in [1.165, 1.54) is 29.1 Å². The number of fused-ring (bicyclic) bond motifs is 1. The highest BCUT2D eigenvalue weighted by Crippen LogP contribution is 2.47. The Morgan fingerprint density at radius 2 is 1.72 bits per heavy atom. The first-order chi connectivity index (χ1) is 12.1. The molecule has 1 N–H and O–H groups in total. The molecular formula is C22H31NOS. The maximum absolute atomic E-state index is 10.1. The topological polar surface area (TPSA) is 23.5 Å². The van der Waals surface area contributed by atoms with Crippen LogP contribution in [-0.2, 0) is 0 Å². The zero-order chi connectivity index (χ0) is 18.4. The molecule has 1 aliphatic rings. The standard InChI is InChI=1S/C20H25NOS.C2H6/c1-4-20(5-2)13-21(16-9-7-6-8-10-16)17-11-15(3)18(22)12-19(17)23-14-20;1-2/h6-12,22H,4-5,13-14H2,1-3H3;1-2H3. The Hall–Kier alpha value is -1.61. The Morgan fingerprint density at radius 1 is 1.08 bits per heavy atom. The van der Waals surface area contributed by atoms with Crippen LogP contribution < -0.4 is 4.90 Å². The molecule has 3 heteroatoms. The molecule has 2 aromatic rings. The third kappa shape index (κ3) is 4.14. The van der Waals surface area contributed by atoms with Gasteiger partial charge in [0.15, 0.2) is 0 Å². The number of para-hydroxylation sites is 1. The van der Waals surface area contributed by atoms with Gasteiger partial charge in [0.2, 0.25) is 0 Å². The van der Waals surface area contributed by atoms with Crippen LogP contribution in [0, 0.1) is 12.3 Å². The van der Waals surface area contributed by atoms with Gasteiger partial charge in [-0.25, -0.2) is 0 Å². The summed E-state index contributed by atoms with van der Waals surface area (Å²) in [7, 11) is 0.